The predicted octanol–water partition coefficient (Wildman–Crippen LogP) is 4.30. The molecule has 172 valence electrons. The van der Waals surface area contributed by atoms with Crippen LogP contribution in [0.5, 0.6) is 5.75 Å². The summed E-state index contributed by atoms with van der Waals surface area (Å²) in [4.78, 5) is 12.6. The second-order valence-corrected chi connectivity index (χ2v) is 9.94. The molecule has 3 aromatic rings. The molecule has 0 unspecified atom stereocenters. The molecule has 33 heavy (non-hydrogen) atoms. The molecule has 0 saturated heterocycles. The van der Waals surface area contributed by atoms with Crippen molar-refractivity contribution in [3.63, 3.8) is 0 Å². The van der Waals surface area contributed by atoms with Gasteiger partial charge in [0.15, 0.2) is 6.61 Å². The van der Waals surface area contributed by atoms with Crippen molar-refractivity contribution in [2.24, 2.45) is 0 Å². The minimum absolute atomic E-state index is 0.00347. The van der Waals surface area contributed by atoms with E-state index in [0.717, 1.165) is 24.8 Å². The Bertz CT molecular complexity index is 1190. The van der Waals surface area contributed by atoms with Crippen molar-refractivity contribution in [1.82, 2.24) is 10.0 Å². The number of ether oxygens (including phenoxy) is 1. The van der Waals surface area contributed by atoms with Crippen molar-refractivity contribution in [2.75, 3.05) is 6.61 Å². The van der Waals surface area contributed by atoms with Gasteiger partial charge in [-0.1, -0.05) is 54.6 Å². The van der Waals surface area contributed by atoms with Crippen LogP contribution in [-0.2, 0) is 21.2 Å². The highest BCUT2D eigenvalue weighted by Crippen LogP contribution is 2.29. The maximum absolute atomic E-state index is 12.7. The molecule has 0 bridgehead atoms. The van der Waals surface area contributed by atoms with Gasteiger partial charge in [-0.25, -0.2) is 13.1 Å². The highest BCUT2D eigenvalue weighted by atomic mass is 32.2. The van der Waals surface area contributed by atoms with Crippen molar-refractivity contribution in [3.8, 4) is 5.75 Å². The molecule has 0 fully saturated rings. The number of rotatable bonds is 8. The first-order chi connectivity index (χ1) is 15.9. The lowest BCUT2D eigenvalue weighted by atomic mass is 9.88. The van der Waals surface area contributed by atoms with Crippen LogP contribution in [0.4, 0.5) is 0 Å². The van der Waals surface area contributed by atoms with Gasteiger partial charge in [0.1, 0.15) is 5.75 Å². The van der Waals surface area contributed by atoms with Gasteiger partial charge in [0, 0.05) is 6.04 Å². The van der Waals surface area contributed by atoms with Crippen LogP contribution in [0.3, 0.4) is 0 Å². The molecule has 2 atom stereocenters. The molecular weight excluding hydrogens is 436 g/mol. The maximum Gasteiger partial charge on any atom is 0.258 e. The van der Waals surface area contributed by atoms with E-state index in [2.05, 4.69) is 22.2 Å². The molecule has 1 aliphatic rings. The number of aryl methyl sites for hydroxylation is 1. The Morgan fingerprint density at radius 2 is 1.70 bits per heavy atom. The molecule has 0 aliphatic heterocycles. The zero-order valence-electron chi connectivity index (χ0n) is 18.5. The summed E-state index contributed by atoms with van der Waals surface area (Å²) in [7, 11) is -3.69. The second-order valence-electron chi connectivity index (χ2n) is 8.22. The number of carbonyl (C=O) groups excluding carboxylic acids is 1. The van der Waals surface area contributed by atoms with Gasteiger partial charge in [0.25, 0.3) is 5.91 Å². The molecular formula is C26H28N2O4S. The molecule has 0 aromatic heterocycles. The number of hydrogen-bond acceptors (Lipinski definition) is 4. The molecule has 2 N–H and O–H groups in total. The Labute approximate surface area is 195 Å². The van der Waals surface area contributed by atoms with Crippen LogP contribution in [0, 0.1) is 0 Å². The minimum atomic E-state index is -3.69. The van der Waals surface area contributed by atoms with Gasteiger partial charge in [-0.15, -0.1) is 0 Å². The first kappa shape index (κ1) is 23.0. The minimum Gasteiger partial charge on any atom is -0.484 e. The van der Waals surface area contributed by atoms with E-state index in [1.807, 2.05) is 42.5 Å². The van der Waals surface area contributed by atoms with E-state index < -0.39 is 10.0 Å². The van der Waals surface area contributed by atoms with Crippen molar-refractivity contribution in [1.29, 1.82) is 0 Å². The van der Waals surface area contributed by atoms with Crippen LogP contribution in [-0.4, -0.2) is 20.9 Å². The highest BCUT2D eigenvalue weighted by molar-refractivity contribution is 7.89. The number of carbonyl (C=O) groups is 1. The molecule has 0 spiro atoms. The Balaban J connectivity index is 1.32. The van der Waals surface area contributed by atoms with Crippen molar-refractivity contribution in [3.05, 3.63) is 95.6 Å². The van der Waals surface area contributed by atoms with Gasteiger partial charge < -0.3 is 10.1 Å². The summed E-state index contributed by atoms with van der Waals surface area (Å²) in [5.41, 5.74) is 3.33. The third-order valence-corrected chi connectivity index (χ3v) is 7.40. The lowest BCUT2D eigenvalue weighted by Crippen LogP contribution is -2.34. The van der Waals surface area contributed by atoms with E-state index in [1.54, 1.807) is 19.1 Å². The SMILES string of the molecule is C[C@H](NS(=O)(=O)c1ccc(OCC(=O)N[C@H]2CCCc3ccccc32)cc1)c1ccccc1. The van der Waals surface area contributed by atoms with E-state index in [1.165, 1.54) is 23.3 Å². The van der Waals surface area contributed by atoms with E-state index in [-0.39, 0.29) is 29.5 Å². The topological polar surface area (TPSA) is 84.5 Å². The van der Waals surface area contributed by atoms with E-state index >= 15 is 0 Å². The Hall–Kier alpha value is -3.16. The standard InChI is InChI=1S/C26H28N2O4S/c1-19(20-8-3-2-4-9-20)28-33(30,31)23-16-14-22(15-17-23)32-18-26(29)27-25-13-7-11-21-10-5-6-12-24(21)25/h2-6,8-10,12,14-17,19,25,28H,7,11,13,18H2,1H3,(H,27,29)/t19-,25-/m0/s1. The monoisotopic (exact) mass is 464 g/mol. The number of sulfonamides is 1. The molecule has 3 aromatic carbocycles. The lowest BCUT2D eigenvalue weighted by molar-refractivity contribution is -0.124. The molecule has 0 saturated carbocycles. The smallest absolute Gasteiger partial charge is 0.258 e. The summed E-state index contributed by atoms with van der Waals surface area (Å²) in [5, 5.41) is 3.05. The summed E-state index contributed by atoms with van der Waals surface area (Å²) >= 11 is 0. The first-order valence-corrected chi connectivity index (χ1v) is 12.6. The van der Waals surface area contributed by atoms with Gasteiger partial charge >= 0.3 is 0 Å². The summed E-state index contributed by atoms with van der Waals surface area (Å²) in [6.07, 6.45) is 2.98. The molecule has 0 heterocycles. The van der Waals surface area contributed by atoms with Gasteiger partial charge in [0.2, 0.25) is 10.0 Å². The summed E-state index contributed by atoms with van der Waals surface area (Å²) in [6.45, 7) is 1.67. The number of benzene rings is 3. The number of nitrogens with one attached hydrogen (secondary N) is 2. The Morgan fingerprint density at radius 1 is 1.00 bits per heavy atom. The van der Waals surface area contributed by atoms with Crippen LogP contribution in [0.15, 0.2) is 83.8 Å². The maximum atomic E-state index is 12.7. The average Bonchev–Trinajstić information content (AvgIpc) is 2.83. The molecule has 6 nitrogen and oxygen atoms in total. The third kappa shape index (κ3) is 5.80. The molecule has 1 aliphatic carbocycles. The fourth-order valence-electron chi connectivity index (χ4n) is 4.11. The fraction of sp³-hybridized carbons (Fsp3) is 0.269. The molecule has 7 heteroatoms. The van der Waals surface area contributed by atoms with Gasteiger partial charge in [-0.3, -0.25) is 4.79 Å². The highest BCUT2D eigenvalue weighted by Gasteiger charge is 2.22. The van der Waals surface area contributed by atoms with Gasteiger partial charge in [-0.2, -0.15) is 0 Å². The first-order valence-electron chi connectivity index (χ1n) is 11.1. The average molecular weight is 465 g/mol. The molecule has 4 rings (SSSR count). The predicted molar refractivity (Wildman–Crippen MR) is 127 cm³/mol. The summed E-state index contributed by atoms with van der Waals surface area (Å²) < 4.78 is 33.7. The van der Waals surface area contributed by atoms with E-state index in [4.69, 9.17) is 4.74 Å². The zero-order valence-corrected chi connectivity index (χ0v) is 19.3. The second kappa shape index (κ2) is 10.2. The summed E-state index contributed by atoms with van der Waals surface area (Å²) in [6, 6.07) is 23.3. The molecule has 1 amide bonds. The number of fused-ring (bicyclic) bond motifs is 1. The van der Waals surface area contributed by atoms with E-state index in [9.17, 15) is 13.2 Å². The third-order valence-electron chi connectivity index (χ3n) is 5.84. The van der Waals surface area contributed by atoms with Crippen LogP contribution in [0.25, 0.3) is 0 Å². The van der Waals surface area contributed by atoms with Crippen LogP contribution >= 0.6 is 0 Å². The molecule has 0 radical (unpaired) electrons. The van der Waals surface area contributed by atoms with E-state index in [0.29, 0.717) is 5.75 Å². The zero-order chi connectivity index (χ0) is 23.3. The van der Waals surface area contributed by atoms with Crippen molar-refractivity contribution in [2.45, 2.75) is 43.2 Å². The van der Waals surface area contributed by atoms with Crippen LogP contribution in [0.2, 0.25) is 0 Å². The van der Waals surface area contributed by atoms with Gasteiger partial charge in [-0.05, 0) is 67.1 Å². The van der Waals surface area contributed by atoms with Crippen molar-refractivity contribution < 1.29 is 17.9 Å². The van der Waals surface area contributed by atoms with Crippen LogP contribution in [0.1, 0.15) is 48.5 Å². The van der Waals surface area contributed by atoms with Crippen LogP contribution < -0.4 is 14.8 Å². The normalized spacial score (nSPS) is 16.5. The number of hydrogen-bond donors (Lipinski definition) is 2. The van der Waals surface area contributed by atoms with Gasteiger partial charge in [0.05, 0.1) is 10.9 Å². The fourth-order valence-corrected chi connectivity index (χ4v) is 5.35. The Kier molecular flexibility index (Phi) is 7.11. The number of amides is 1. The Morgan fingerprint density at radius 3 is 2.45 bits per heavy atom. The lowest BCUT2D eigenvalue weighted by Gasteiger charge is -2.26. The van der Waals surface area contributed by atoms with Crippen molar-refractivity contribution >= 4 is 15.9 Å². The summed E-state index contributed by atoms with van der Waals surface area (Å²) in [5.74, 6) is 0.232. The quantitative estimate of drug-likeness (QED) is 0.521. The largest absolute Gasteiger partial charge is 0.484 e.